The molecule has 0 saturated heterocycles. The van der Waals surface area contributed by atoms with Crippen LogP contribution in [0.4, 0.5) is 5.69 Å². The summed E-state index contributed by atoms with van der Waals surface area (Å²) in [4.78, 5) is 13.4. The number of nitrogens with zero attached hydrogens (tertiary/aromatic N) is 1. The Hall–Kier alpha value is -1.31. The van der Waals surface area contributed by atoms with Crippen LogP contribution >= 0.6 is 0 Å². The molecule has 2 rings (SSSR count). The van der Waals surface area contributed by atoms with Crippen LogP contribution in [0.1, 0.15) is 25.8 Å². The van der Waals surface area contributed by atoms with Gasteiger partial charge in [0.1, 0.15) is 0 Å². The van der Waals surface area contributed by atoms with Gasteiger partial charge in [0.15, 0.2) is 0 Å². The topological polar surface area (TPSA) is 20.3 Å². The standard InChI is InChI=1S/C12H14NO/c1-12(2)8-11(14)13(3)10-7-5-4-6-9(10)12/h5-7H,8H2,1-3H3. The second-order valence-corrected chi connectivity index (χ2v) is 4.46. The Morgan fingerprint density at radius 1 is 1.50 bits per heavy atom. The van der Waals surface area contributed by atoms with Gasteiger partial charge in [0.25, 0.3) is 0 Å². The maximum absolute atomic E-state index is 11.7. The molecule has 0 saturated carbocycles. The molecule has 0 unspecified atom stereocenters. The maximum Gasteiger partial charge on any atom is 0.227 e. The van der Waals surface area contributed by atoms with Crippen LogP contribution in [-0.4, -0.2) is 13.0 Å². The molecule has 0 spiro atoms. The van der Waals surface area contributed by atoms with Gasteiger partial charge in [-0.2, -0.15) is 0 Å². The predicted octanol–water partition coefficient (Wildman–Crippen LogP) is 2.13. The molecule has 14 heavy (non-hydrogen) atoms. The zero-order valence-corrected chi connectivity index (χ0v) is 8.79. The van der Waals surface area contributed by atoms with E-state index in [1.165, 1.54) is 5.56 Å². The monoisotopic (exact) mass is 188 g/mol. The first-order valence-corrected chi connectivity index (χ1v) is 4.79. The third-order valence-corrected chi connectivity index (χ3v) is 2.90. The van der Waals surface area contributed by atoms with Crippen molar-refractivity contribution in [3.05, 3.63) is 29.8 Å². The quantitative estimate of drug-likeness (QED) is 0.610. The molecule has 1 heterocycles. The number of amides is 1. The first-order chi connectivity index (χ1) is 6.52. The summed E-state index contributed by atoms with van der Waals surface area (Å²) in [5.41, 5.74) is 2.17. The molecule has 0 aliphatic carbocycles. The van der Waals surface area contributed by atoms with Gasteiger partial charge in [0, 0.05) is 24.6 Å². The number of benzene rings is 1. The Morgan fingerprint density at radius 2 is 2.21 bits per heavy atom. The first kappa shape index (κ1) is 9.25. The molecular formula is C12H14NO. The average molecular weight is 188 g/mol. The van der Waals surface area contributed by atoms with Crippen LogP contribution in [0.25, 0.3) is 0 Å². The molecule has 73 valence electrons. The van der Waals surface area contributed by atoms with Gasteiger partial charge in [-0.25, -0.2) is 0 Å². The molecule has 1 aliphatic rings. The Bertz CT molecular complexity index is 382. The van der Waals surface area contributed by atoms with Gasteiger partial charge in [-0.1, -0.05) is 19.9 Å². The predicted molar refractivity (Wildman–Crippen MR) is 56.3 cm³/mol. The second-order valence-electron chi connectivity index (χ2n) is 4.46. The number of carbonyl (C=O) groups is 1. The maximum atomic E-state index is 11.7. The number of anilines is 1. The van der Waals surface area contributed by atoms with Gasteiger partial charge in [-0.15, -0.1) is 0 Å². The molecule has 0 atom stereocenters. The largest absolute Gasteiger partial charge is 0.315 e. The molecular weight excluding hydrogens is 174 g/mol. The summed E-state index contributed by atoms with van der Waals surface area (Å²) in [6.07, 6.45) is 0.578. The van der Waals surface area contributed by atoms with Crippen LogP contribution in [0.3, 0.4) is 0 Å². The summed E-state index contributed by atoms with van der Waals surface area (Å²) in [6.45, 7) is 4.20. The van der Waals surface area contributed by atoms with E-state index in [-0.39, 0.29) is 11.3 Å². The van der Waals surface area contributed by atoms with E-state index in [0.717, 1.165) is 5.69 Å². The molecule has 0 bridgehead atoms. The van der Waals surface area contributed by atoms with Crippen molar-refractivity contribution in [2.75, 3.05) is 11.9 Å². The second kappa shape index (κ2) is 2.84. The normalized spacial score (nSPS) is 19.4. The molecule has 2 nitrogen and oxygen atoms in total. The van der Waals surface area contributed by atoms with Crippen LogP contribution < -0.4 is 4.90 Å². The number of hydrogen-bond acceptors (Lipinski definition) is 1. The van der Waals surface area contributed by atoms with Crippen molar-refractivity contribution in [2.24, 2.45) is 0 Å². The summed E-state index contributed by atoms with van der Waals surface area (Å²) in [6, 6.07) is 8.86. The van der Waals surface area contributed by atoms with Gasteiger partial charge < -0.3 is 4.90 Å². The Balaban J connectivity index is 2.61. The molecule has 0 aromatic heterocycles. The lowest BCUT2D eigenvalue weighted by atomic mass is 9.77. The minimum atomic E-state index is -0.0588. The first-order valence-electron chi connectivity index (χ1n) is 4.79. The zero-order chi connectivity index (χ0) is 10.3. The van der Waals surface area contributed by atoms with Crippen LogP contribution in [0.2, 0.25) is 0 Å². The molecule has 1 aromatic carbocycles. The molecule has 0 N–H and O–H groups in total. The summed E-state index contributed by atoms with van der Waals surface area (Å²) < 4.78 is 0. The van der Waals surface area contributed by atoms with Gasteiger partial charge in [0.2, 0.25) is 5.91 Å². The smallest absolute Gasteiger partial charge is 0.227 e. The van der Waals surface area contributed by atoms with E-state index >= 15 is 0 Å². The summed E-state index contributed by atoms with van der Waals surface area (Å²) in [5, 5.41) is 0. The van der Waals surface area contributed by atoms with E-state index in [0.29, 0.717) is 6.42 Å². The van der Waals surface area contributed by atoms with Gasteiger partial charge in [0.05, 0.1) is 0 Å². The fraction of sp³-hybridized carbons (Fsp3) is 0.417. The van der Waals surface area contributed by atoms with Gasteiger partial charge in [-0.05, 0) is 23.8 Å². The number of carbonyl (C=O) groups excluding carboxylic acids is 1. The summed E-state index contributed by atoms with van der Waals surface area (Å²) in [7, 11) is 1.83. The average Bonchev–Trinajstić information content (AvgIpc) is 2.14. The van der Waals surface area contributed by atoms with Crippen molar-refractivity contribution in [2.45, 2.75) is 25.7 Å². The van der Waals surface area contributed by atoms with Crippen molar-refractivity contribution in [3.63, 3.8) is 0 Å². The highest BCUT2D eigenvalue weighted by atomic mass is 16.2. The minimum Gasteiger partial charge on any atom is -0.315 e. The molecule has 2 heteroatoms. The lowest BCUT2D eigenvalue weighted by molar-refractivity contribution is -0.119. The van der Waals surface area contributed by atoms with Crippen LogP contribution in [0.15, 0.2) is 18.2 Å². The summed E-state index contributed by atoms with van der Waals surface area (Å²) in [5.74, 6) is 0.189. The Kier molecular flexibility index (Phi) is 1.88. The van der Waals surface area contributed by atoms with E-state index in [9.17, 15) is 4.79 Å². The molecule has 1 aromatic rings. The van der Waals surface area contributed by atoms with Crippen molar-refractivity contribution < 1.29 is 4.79 Å². The molecule has 1 radical (unpaired) electrons. The fourth-order valence-electron chi connectivity index (χ4n) is 1.98. The van der Waals surface area contributed by atoms with E-state index in [1.54, 1.807) is 4.90 Å². The Labute approximate surface area is 84.5 Å². The number of hydrogen-bond donors (Lipinski definition) is 0. The third-order valence-electron chi connectivity index (χ3n) is 2.90. The number of fused-ring (bicyclic) bond motifs is 1. The third kappa shape index (κ3) is 1.22. The molecule has 1 aliphatic heterocycles. The SMILES string of the molecule is CN1C(=O)CC(C)(C)c2c[c]ccc21. The van der Waals surface area contributed by atoms with Gasteiger partial charge >= 0.3 is 0 Å². The highest BCUT2D eigenvalue weighted by Gasteiger charge is 2.34. The molecule has 1 amide bonds. The van der Waals surface area contributed by atoms with Crippen LogP contribution in [0.5, 0.6) is 0 Å². The van der Waals surface area contributed by atoms with E-state index in [4.69, 9.17) is 0 Å². The van der Waals surface area contributed by atoms with Crippen LogP contribution in [-0.2, 0) is 10.2 Å². The van der Waals surface area contributed by atoms with Crippen molar-refractivity contribution >= 4 is 11.6 Å². The highest BCUT2D eigenvalue weighted by Crippen LogP contribution is 2.38. The fourth-order valence-corrected chi connectivity index (χ4v) is 1.98. The Morgan fingerprint density at radius 3 is 2.93 bits per heavy atom. The van der Waals surface area contributed by atoms with Crippen molar-refractivity contribution in [3.8, 4) is 0 Å². The van der Waals surface area contributed by atoms with E-state index < -0.39 is 0 Å². The van der Waals surface area contributed by atoms with Gasteiger partial charge in [-0.3, -0.25) is 4.79 Å². The van der Waals surface area contributed by atoms with E-state index in [2.05, 4.69) is 19.9 Å². The number of rotatable bonds is 0. The van der Waals surface area contributed by atoms with Crippen LogP contribution in [0, 0.1) is 6.07 Å². The highest BCUT2D eigenvalue weighted by molar-refractivity contribution is 5.97. The minimum absolute atomic E-state index is 0.0588. The summed E-state index contributed by atoms with van der Waals surface area (Å²) >= 11 is 0. The van der Waals surface area contributed by atoms with Crippen molar-refractivity contribution in [1.29, 1.82) is 0 Å². The van der Waals surface area contributed by atoms with Crippen molar-refractivity contribution in [1.82, 2.24) is 0 Å². The zero-order valence-electron chi connectivity index (χ0n) is 8.79. The molecule has 0 fully saturated rings. The lowest BCUT2D eigenvalue weighted by Crippen LogP contribution is -2.39. The lowest BCUT2D eigenvalue weighted by Gasteiger charge is -2.36. The van der Waals surface area contributed by atoms with E-state index in [1.807, 2.05) is 25.2 Å².